The molecule has 0 aromatic heterocycles. The van der Waals surface area contributed by atoms with E-state index in [1.807, 2.05) is 0 Å². The van der Waals surface area contributed by atoms with Gasteiger partial charge >= 0.3 is 11.9 Å². The first-order valence-corrected chi connectivity index (χ1v) is 7.45. The van der Waals surface area contributed by atoms with Crippen molar-refractivity contribution < 1.29 is 19.1 Å². The Morgan fingerprint density at radius 1 is 1.00 bits per heavy atom. The summed E-state index contributed by atoms with van der Waals surface area (Å²) in [7, 11) is 0. The number of allylic oxidation sites excluding steroid dienone is 1. The highest BCUT2D eigenvalue weighted by Crippen LogP contribution is 2.14. The number of hydrogen-bond acceptors (Lipinski definition) is 7. The van der Waals surface area contributed by atoms with E-state index in [2.05, 4.69) is 10.6 Å². The smallest absolute Gasteiger partial charge is 0.347 e. The second-order valence-electron chi connectivity index (χ2n) is 4.39. The van der Waals surface area contributed by atoms with Gasteiger partial charge in [0.1, 0.15) is 0 Å². The minimum atomic E-state index is -0.737. The fourth-order valence-corrected chi connectivity index (χ4v) is 1.63. The lowest BCUT2D eigenvalue weighted by Crippen LogP contribution is -2.19. The van der Waals surface area contributed by atoms with Crippen LogP contribution in [-0.4, -0.2) is 31.4 Å². The van der Waals surface area contributed by atoms with Gasteiger partial charge in [0.05, 0.1) is 13.2 Å². The second kappa shape index (κ2) is 10.6. The number of benzene rings is 1. The van der Waals surface area contributed by atoms with Gasteiger partial charge in [-0.15, -0.1) is 0 Å². The number of esters is 2. The number of carbonyl (C=O) groups excluding carboxylic acids is 2. The maximum absolute atomic E-state index is 11.8. The zero-order valence-electron chi connectivity index (χ0n) is 13.7. The zero-order chi connectivity index (χ0) is 17.8. The highest BCUT2D eigenvalue weighted by atomic mass is 16.6. The van der Waals surface area contributed by atoms with Gasteiger partial charge in [-0.2, -0.15) is 0 Å². The summed E-state index contributed by atoms with van der Waals surface area (Å²) in [6.07, 6.45) is 5.63. The van der Waals surface area contributed by atoms with Crippen LogP contribution in [0.2, 0.25) is 0 Å². The minimum Gasteiger partial charge on any atom is -0.462 e. The molecule has 0 atom stereocenters. The van der Waals surface area contributed by atoms with Crippen LogP contribution < -0.4 is 10.6 Å². The molecule has 1 aromatic carbocycles. The van der Waals surface area contributed by atoms with Crippen LogP contribution >= 0.6 is 0 Å². The molecule has 0 spiro atoms. The van der Waals surface area contributed by atoms with Crippen LogP contribution in [0.25, 0.3) is 0 Å². The number of nitrogens with one attached hydrogen (secondary N) is 3. The van der Waals surface area contributed by atoms with Crippen molar-refractivity contribution in [3.8, 4) is 0 Å². The first-order chi connectivity index (χ1) is 11.6. The van der Waals surface area contributed by atoms with Crippen molar-refractivity contribution >= 4 is 29.5 Å². The quantitative estimate of drug-likeness (QED) is 0.211. The molecule has 3 N–H and O–H groups in total. The average molecular weight is 331 g/mol. The summed E-state index contributed by atoms with van der Waals surface area (Å²) in [4.78, 5) is 23.6. The Bertz CT molecular complexity index is 601. The SMILES string of the molecule is CCOC(=O)C(=CNc1ccc(N/C=C\C=N)cc1)C(=O)OCC. The Balaban J connectivity index is 2.80. The third-order valence-electron chi connectivity index (χ3n) is 2.70. The number of rotatable bonds is 9. The Morgan fingerprint density at radius 2 is 1.50 bits per heavy atom. The number of anilines is 2. The Labute approximate surface area is 140 Å². The van der Waals surface area contributed by atoms with Gasteiger partial charge in [0.2, 0.25) is 0 Å². The topological polar surface area (TPSA) is 101 Å². The maximum atomic E-state index is 11.8. The number of carbonyl (C=O) groups is 2. The molecule has 0 saturated heterocycles. The molecule has 7 heteroatoms. The van der Waals surface area contributed by atoms with E-state index in [-0.39, 0.29) is 18.8 Å². The zero-order valence-corrected chi connectivity index (χ0v) is 13.7. The summed E-state index contributed by atoms with van der Waals surface area (Å²) >= 11 is 0. The highest BCUT2D eigenvalue weighted by molar-refractivity contribution is 6.14. The van der Waals surface area contributed by atoms with Crippen LogP contribution in [0.4, 0.5) is 11.4 Å². The molecule has 0 unspecified atom stereocenters. The lowest BCUT2D eigenvalue weighted by Gasteiger charge is -2.08. The van der Waals surface area contributed by atoms with Gasteiger partial charge in [0.15, 0.2) is 5.57 Å². The monoisotopic (exact) mass is 331 g/mol. The van der Waals surface area contributed by atoms with Gasteiger partial charge in [-0.3, -0.25) is 0 Å². The molecule has 1 rings (SSSR count). The molecule has 1 aromatic rings. The van der Waals surface area contributed by atoms with E-state index in [4.69, 9.17) is 14.9 Å². The molecule has 0 aliphatic heterocycles. The van der Waals surface area contributed by atoms with Gasteiger partial charge in [-0.1, -0.05) is 0 Å². The van der Waals surface area contributed by atoms with Crippen molar-refractivity contribution in [2.24, 2.45) is 0 Å². The van der Waals surface area contributed by atoms with Crippen molar-refractivity contribution in [2.75, 3.05) is 23.8 Å². The standard InChI is InChI=1S/C17H21N3O4/c1-3-23-16(21)15(17(22)24-4-2)12-20-14-8-6-13(7-9-14)19-11-5-10-18/h5-12,18-20H,3-4H2,1-2H3/b11-5-,18-10?. The first kappa shape index (κ1) is 19.0. The fraction of sp³-hybridized carbons (Fsp3) is 0.235. The summed E-state index contributed by atoms with van der Waals surface area (Å²) < 4.78 is 9.70. The van der Waals surface area contributed by atoms with Crippen LogP contribution in [0, 0.1) is 5.41 Å². The number of hydrogen-bond donors (Lipinski definition) is 3. The molecule has 0 fully saturated rings. The summed E-state index contributed by atoms with van der Waals surface area (Å²) in [5, 5.41) is 12.7. The van der Waals surface area contributed by atoms with Crippen LogP contribution in [0.1, 0.15) is 13.8 Å². The molecule has 0 aliphatic rings. The van der Waals surface area contributed by atoms with Crippen LogP contribution in [0.5, 0.6) is 0 Å². The molecule has 0 bridgehead atoms. The summed E-state index contributed by atoms with van der Waals surface area (Å²) in [6, 6.07) is 7.15. The van der Waals surface area contributed by atoms with E-state index in [0.717, 1.165) is 5.69 Å². The van der Waals surface area contributed by atoms with E-state index in [0.29, 0.717) is 5.69 Å². The average Bonchev–Trinajstić information content (AvgIpc) is 2.57. The Hall–Kier alpha value is -3.09. The Morgan fingerprint density at radius 3 is 1.96 bits per heavy atom. The lowest BCUT2D eigenvalue weighted by molar-refractivity contribution is -0.146. The van der Waals surface area contributed by atoms with Crippen LogP contribution in [0.15, 0.2) is 48.3 Å². The summed E-state index contributed by atoms with van der Waals surface area (Å²) in [5.74, 6) is -1.47. The van der Waals surface area contributed by atoms with E-state index in [1.54, 1.807) is 50.4 Å². The Kier molecular flexibility index (Phi) is 8.38. The molecule has 0 amide bonds. The molecular weight excluding hydrogens is 310 g/mol. The normalized spacial score (nSPS) is 9.92. The van der Waals surface area contributed by atoms with Crippen molar-refractivity contribution in [1.82, 2.24) is 0 Å². The molecule has 0 heterocycles. The molecular formula is C17H21N3O4. The molecule has 7 nitrogen and oxygen atoms in total. The van der Waals surface area contributed by atoms with Crippen molar-refractivity contribution in [3.63, 3.8) is 0 Å². The molecule has 0 saturated carbocycles. The predicted octanol–water partition coefficient (Wildman–Crippen LogP) is 2.68. The minimum absolute atomic E-state index is 0.166. The molecule has 24 heavy (non-hydrogen) atoms. The molecule has 0 radical (unpaired) electrons. The van der Waals surface area contributed by atoms with Gasteiger partial charge in [0.25, 0.3) is 0 Å². The highest BCUT2D eigenvalue weighted by Gasteiger charge is 2.20. The number of ether oxygens (including phenoxy) is 2. The lowest BCUT2D eigenvalue weighted by atomic mass is 10.2. The van der Waals surface area contributed by atoms with Crippen LogP contribution in [-0.2, 0) is 19.1 Å². The van der Waals surface area contributed by atoms with Gasteiger partial charge < -0.3 is 25.5 Å². The van der Waals surface area contributed by atoms with Gasteiger partial charge in [0, 0.05) is 30.0 Å². The van der Waals surface area contributed by atoms with Gasteiger partial charge in [-0.05, 0) is 44.2 Å². The van der Waals surface area contributed by atoms with E-state index >= 15 is 0 Å². The van der Waals surface area contributed by atoms with E-state index in [9.17, 15) is 9.59 Å². The van der Waals surface area contributed by atoms with Gasteiger partial charge in [-0.25, -0.2) is 9.59 Å². The predicted molar refractivity (Wildman–Crippen MR) is 93.0 cm³/mol. The van der Waals surface area contributed by atoms with Crippen LogP contribution in [0.3, 0.4) is 0 Å². The van der Waals surface area contributed by atoms with Crippen molar-refractivity contribution in [2.45, 2.75) is 13.8 Å². The van der Waals surface area contributed by atoms with E-state index in [1.165, 1.54) is 12.4 Å². The molecule has 0 aliphatic carbocycles. The third-order valence-corrected chi connectivity index (χ3v) is 2.70. The molecule has 128 valence electrons. The summed E-state index contributed by atoms with van der Waals surface area (Å²) in [6.45, 7) is 3.65. The third kappa shape index (κ3) is 6.35. The second-order valence-corrected chi connectivity index (χ2v) is 4.39. The largest absolute Gasteiger partial charge is 0.462 e. The van der Waals surface area contributed by atoms with Crippen molar-refractivity contribution in [1.29, 1.82) is 5.41 Å². The summed E-state index contributed by atoms with van der Waals surface area (Å²) in [5.41, 5.74) is 1.32. The van der Waals surface area contributed by atoms with E-state index < -0.39 is 11.9 Å². The maximum Gasteiger partial charge on any atom is 0.347 e. The first-order valence-electron chi connectivity index (χ1n) is 7.45. The fourth-order valence-electron chi connectivity index (χ4n) is 1.63. The van der Waals surface area contributed by atoms with Crippen molar-refractivity contribution in [3.05, 3.63) is 48.3 Å².